The first-order chi connectivity index (χ1) is 18.5. The molecule has 10 nitrogen and oxygen atoms in total. The SMILES string of the molecule is Cc1nnsc1C(=O)Nc1cc(C(=O)N2CCCNCC2)ccc1N1CCN(C(=O)c2ccccc2)CC1. The summed E-state index contributed by atoms with van der Waals surface area (Å²) >= 11 is 1.04. The highest BCUT2D eigenvalue weighted by molar-refractivity contribution is 7.08. The Morgan fingerprint density at radius 1 is 0.868 bits per heavy atom. The third kappa shape index (κ3) is 5.68. The standard InChI is InChI=1S/C27H31N7O3S/c1-19-24(38-31-30-19)25(35)29-22-18-21(27(37)33-12-5-10-28-11-13-33)8-9-23(22)32-14-16-34(17-15-32)26(36)20-6-3-2-4-7-20/h2-4,6-9,18,28H,5,10-17H2,1H3,(H,29,35). The van der Waals surface area contributed by atoms with Gasteiger partial charge >= 0.3 is 0 Å². The lowest BCUT2D eigenvalue weighted by Gasteiger charge is -2.37. The average molecular weight is 534 g/mol. The van der Waals surface area contributed by atoms with E-state index in [0.717, 1.165) is 36.7 Å². The molecule has 2 aliphatic rings. The summed E-state index contributed by atoms with van der Waals surface area (Å²) in [7, 11) is 0. The lowest BCUT2D eigenvalue weighted by atomic mass is 10.1. The summed E-state index contributed by atoms with van der Waals surface area (Å²) in [5, 5.41) is 10.3. The maximum Gasteiger partial charge on any atom is 0.269 e. The maximum absolute atomic E-state index is 13.3. The van der Waals surface area contributed by atoms with Crippen LogP contribution in [0.5, 0.6) is 0 Å². The lowest BCUT2D eigenvalue weighted by Crippen LogP contribution is -2.49. The fourth-order valence-corrected chi connectivity index (χ4v) is 5.36. The Hall–Kier alpha value is -3.83. The third-order valence-electron chi connectivity index (χ3n) is 6.91. The highest BCUT2D eigenvalue weighted by Gasteiger charge is 2.26. The van der Waals surface area contributed by atoms with E-state index >= 15 is 0 Å². The van der Waals surface area contributed by atoms with E-state index in [1.54, 1.807) is 13.0 Å². The van der Waals surface area contributed by atoms with Gasteiger partial charge in [-0.2, -0.15) is 0 Å². The monoisotopic (exact) mass is 533 g/mol. The number of hydrogen-bond acceptors (Lipinski definition) is 8. The molecule has 0 spiro atoms. The first kappa shape index (κ1) is 25.8. The summed E-state index contributed by atoms with van der Waals surface area (Å²) in [5.41, 5.74) is 3.14. The molecule has 2 fully saturated rings. The zero-order chi connectivity index (χ0) is 26.5. The maximum atomic E-state index is 13.3. The van der Waals surface area contributed by atoms with Crippen LogP contribution in [-0.2, 0) is 0 Å². The highest BCUT2D eigenvalue weighted by Crippen LogP contribution is 2.30. The molecule has 2 N–H and O–H groups in total. The molecule has 0 aliphatic carbocycles. The average Bonchev–Trinajstić information content (AvgIpc) is 3.21. The molecule has 2 aromatic carbocycles. The van der Waals surface area contributed by atoms with E-state index < -0.39 is 0 Å². The van der Waals surface area contributed by atoms with Crippen molar-refractivity contribution in [2.75, 3.05) is 62.6 Å². The summed E-state index contributed by atoms with van der Waals surface area (Å²) in [6.45, 7) is 7.06. The van der Waals surface area contributed by atoms with Gasteiger partial charge in [0.1, 0.15) is 4.88 Å². The van der Waals surface area contributed by atoms with E-state index in [1.165, 1.54) is 0 Å². The zero-order valence-corrected chi connectivity index (χ0v) is 22.2. The van der Waals surface area contributed by atoms with E-state index in [1.807, 2.05) is 52.3 Å². The molecule has 2 saturated heterocycles. The molecule has 3 aromatic rings. The van der Waals surface area contributed by atoms with E-state index in [4.69, 9.17) is 0 Å². The topological polar surface area (TPSA) is 111 Å². The second-order valence-corrected chi connectivity index (χ2v) is 10.2. The van der Waals surface area contributed by atoms with Crippen molar-refractivity contribution >= 4 is 40.6 Å². The molecular formula is C27H31N7O3S. The number of carbonyl (C=O) groups is 3. The number of nitrogens with zero attached hydrogens (tertiary/aromatic N) is 5. The predicted molar refractivity (Wildman–Crippen MR) is 147 cm³/mol. The van der Waals surface area contributed by atoms with Gasteiger partial charge in [0.25, 0.3) is 17.7 Å². The second kappa shape index (κ2) is 11.7. The van der Waals surface area contributed by atoms with Crippen molar-refractivity contribution in [1.29, 1.82) is 0 Å². The fourth-order valence-electron chi connectivity index (χ4n) is 4.81. The van der Waals surface area contributed by atoms with Crippen LogP contribution in [-0.4, -0.2) is 89.5 Å². The predicted octanol–water partition coefficient (Wildman–Crippen LogP) is 2.50. The van der Waals surface area contributed by atoms with Crippen LogP contribution in [0.3, 0.4) is 0 Å². The molecule has 0 unspecified atom stereocenters. The summed E-state index contributed by atoms with van der Waals surface area (Å²) in [6.07, 6.45) is 0.900. The Balaban J connectivity index is 1.37. The quantitative estimate of drug-likeness (QED) is 0.519. The van der Waals surface area contributed by atoms with E-state index in [9.17, 15) is 14.4 Å². The van der Waals surface area contributed by atoms with Gasteiger partial charge in [0.2, 0.25) is 0 Å². The van der Waals surface area contributed by atoms with Gasteiger partial charge in [-0.25, -0.2) is 0 Å². The summed E-state index contributed by atoms with van der Waals surface area (Å²) in [5.74, 6) is -0.343. The number of piperazine rings is 1. The number of rotatable bonds is 5. The van der Waals surface area contributed by atoms with Crippen LogP contribution in [0.15, 0.2) is 48.5 Å². The minimum atomic E-state index is -0.305. The Morgan fingerprint density at radius 3 is 2.34 bits per heavy atom. The van der Waals surface area contributed by atoms with E-state index in [0.29, 0.717) is 66.7 Å². The van der Waals surface area contributed by atoms with Crippen molar-refractivity contribution in [3.63, 3.8) is 0 Å². The molecule has 5 rings (SSSR count). The van der Waals surface area contributed by atoms with Gasteiger partial charge in [-0.1, -0.05) is 22.7 Å². The van der Waals surface area contributed by atoms with Gasteiger partial charge in [0, 0.05) is 56.9 Å². The number of anilines is 2. The van der Waals surface area contributed by atoms with Crippen molar-refractivity contribution < 1.29 is 14.4 Å². The smallest absolute Gasteiger partial charge is 0.269 e. The number of carbonyl (C=O) groups excluding carboxylic acids is 3. The molecule has 38 heavy (non-hydrogen) atoms. The van der Waals surface area contributed by atoms with Gasteiger partial charge in [-0.15, -0.1) is 5.10 Å². The molecule has 0 saturated carbocycles. The second-order valence-electron chi connectivity index (χ2n) is 9.41. The zero-order valence-electron chi connectivity index (χ0n) is 21.4. The van der Waals surface area contributed by atoms with Gasteiger partial charge in [0.15, 0.2) is 0 Å². The van der Waals surface area contributed by atoms with Gasteiger partial charge in [-0.3, -0.25) is 14.4 Å². The van der Waals surface area contributed by atoms with Crippen molar-refractivity contribution in [2.45, 2.75) is 13.3 Å². The Morgan fingerprint density at radius 2 is 1.61 bits per heavy atom. The van der Waals surface area contributed by atoms with Crippen molar-refractivity contribution in [2.24, 2.45) is 0 Å². The minimum Gasteiger partial charge on any atom is -0.366 e. The van der Waals surface area contributed by atoms with Crippen LogP contribution in [0.2, 0.25) is 0 Å². The van der Waals surface area contributed by atoms with Crippen LogP contribution in [0.4, 0.5) is 11.4 Å². The Kier molecular flexibility index (Phi) is 7.94. The summed E-state index contributed by atoms with van der Waals surface area (Å²) in [4.78, 5) is 45.6. The molecule has 2 aliphatic heterocycles. The number of hydrogen-bond donors (Lipinski definition) is 2. The van der Waals surface area contributed by atoms with Crippen LogP contribution < -0.4 is 15.5 Å². The van der Waals surface area contributed by atoms with E-state index in [-0.39, 0.29) is 17.7 Å². The number of aromatic nitrogens is 2. The lowest BCUT2D eigenvalue weighted by molar-refractivity contribution is 0.0743. The fraction of sp³-hybridized carbons (Fsp3) is 0.370. The normalized spacial score (nSPS) is 16.2. The van der Waals surface area contributed by atoms with Crippen molar-refractivity contribution in [3.8, 4) is 0 Å². The third-order valence-corrected chi connectivity index (χ3v) is 7.73. The molecule has 1 aromatic heterocycles. The molecule has 11 heteroatoms. The molecule has 198 valence electrons. The number of benzene rings is 2. The minimum absolute atomic E-state index is 0.0137. The molecule has 0 bridgehead atoms. The van der Waals surface area contributed by atoms with Crippen LogP contribution >= 0.6 is 11.5 Å². The van der Waals surface area contributed by atoms with Crippen LogP contribution in [0.1, 0.15) is 42.5 Å². The molecule has 3 amide bonds. The number of nitrogens with one attached hydrogen (secondary N) is 2. The van der Waals surface area contributed by atoms with Crippen LogP contribution in [0.25, 0.3) is 0 Å². The summed E-state index contributed by atoms with van der Waals surface area (Å²) in [6, 6.07) is 14.8. The molecule has 0 atom stereocenters. The van der Waals surface area contributed by atoms with E-state index in [2.05, 4.69) is 25.1 Å². The van der Waals surface area contributed by atoms with Crippen LogP contribution in [0, 0.1) is 6.92 Å². The first-order valence-electron chi connectivity index (χ1n) is 12.8. The Labute approximate surface area is 225 Å². The Bertz CT molecular complexity index is 1300. The molecule has 3 heterocycles. The first-order valence-corrected chi connectivity index (χ1v) is 13.6. The van der Waals surface area contributed by atoms with Gasteiger partial charge in [0.05, 0.1) is 17.1 Å². The largest absolute Gasteiger partial charge is 0.366 e. The molecule has 0 radical (unpaired) electrons. The highest BCUT2D eigenvalue weighted by atomic mass is 32.1. The summed E-state index contributed by atoms with van der Waals surface area (Å²) < 4.78 is 3.88. The number of aryl methyl sites for hydroxylation is 1. The van der Waals surface area contributed by atoms with Gasteiger partial charge < -0.3 is 25.3 Å². The number of amides is 3. The van der Waals surface area contributed by atoms with Crippen molar-refractivity contribution in [1.82, 2.24) is 24.7 Å². The molecular weight excluding hydrogens is 502 g/mol. The van der Waals surface area contributed by atoms with Crippen molar-refractivity contribution in [3.05, 3.63) is 70.2 Å². The van der Waals surface area contributed by atoms with Gasteiger partial charge in [-0.05, 0) is 61.8 Å².